The lowest BCUT2D eigenvalue weighted by Crippen LogP contribution is -2.50. The van der Waals surface area contributed by atoms with Gasteiger partial charge in [0.25, 0.3) is 5.91 Å². The number of piperidine rings is 1. The molecule has 4 rings (SSSR count). The third-order valence-corrected chi connectivity index (χ3v) is 6.05. The number of amides is 3. The van der Waals surface area contributed by atoms with E-state index in [1.54, 1.807) is 0 Å². The van der Waals surface area contributed by atoms with E-state index in [-0.39, 0.29) is 12.6 Å². The number of hydrogen-bond donors (Lipinski definition) is 3. The van der Waals surface area contributed by atoms with Crippen molar-refractivity contribution in [2.75, 3.05) is 19.7 Å². The molecule has 3 fully saturated rings. The lowest BCUT2D eigenvalue weighted by molar-refractivity contribution is -0.139. The molecule has 30 heavy (non-hydrogen) atoms. The number of carbonyl (C=O) groups is 2. The Labute approximate surface area is 173 Å². The minimum absolute atomic E-state index is 0.119. The second-order valence-corrected chi connectivity index (χ2v) is 8.88. The quantitative estimate of drug-likeness (QED) is 0.361. The van der Waals surface area contributed by atoms with E-state index in [0.717, 1.165) is 19.5 Å². The summed E-state index contributed by atoms with van der Waals surface area (Å²) >= 11 is 0. The molecule has 4 atom stereocenters. The minimum atomic E-state index is -4.82. The van der Waals surface area contributed by atoms with Crippen LogP contribution in [0.5, 0.6) is 0 Å². The molecular weight excluding hydrogens is 418 g/mol. The van der Waals surface area contributed by atoms with Crippen LogP contribution in [0.25, 0.3) is 0 Å². The minimum Gasteiger partial charge on any atom is -0.354 e. The van der Waals surface area contributed by atoms with Gasteiger partial charge in [-0.25, -0.2) is 10.3 Å². The fourth-order valence-corrected chi connectivity index (χ4v) is 4.73. The first-order chi connectivity index (χ1) is 14.3. The highest BCUT2D eigenvalue weighted by atomic mass is 32.3. The number of hydroxylamine groups is 3. The van der Waals surface area contributed by atoms with Crippen molar-refractivity contribution in [3.8, 4) is 0 Å². The number of nitrogens with zero attached hydrogens (tertiary/aromatic N) is 3. The molecule has 1 aromatic heterocycles. The van der Waals surface area contributed by atoms with Gasteiger partial charge in [0.2, 0.25) is 0 Å². The van der Waals surface area contributed by atoms with Gasteiger partial charge in [0.05, 0.1) is 12.6 Å². The average Bonchev–Trinajstić information content (AvgIpc) is 3.40. The molecule has 2 bridgehead atoms. The van der Waals surface area contributed by atoms with Crippen LogP contribution in [0.1, 0.15) is 19.3 Å². The van der Waals surface area contributed by atoms with Crippen molar-refractivity contribution >= 4 is 22.3 Å². The van der Waals surface area contributed by atoms with E-state index in [0.29, 0.717) is 30.4 Å². The number of urea groups is 1. The topological polar surface area (TPSA) is 142 Å². The molecule has 4 heterocycles. The Morgan fingerprint density at radius 2 is 2.07 bits per heavy atom. The summed E-state index contributed by atoms with van der Waals surface area (Å²) in [6, 6.07) is 2.00. The summed E-state index contributed by atoms with van der Waals surface area (Å²) in [5.41, 5.74) is 2.40. The van der Waals surface area contributed by atoms with Gasteiger partial charge in [0.1, 0.15) is 6.04 Å². The van der Waals surface area contributed by atoms with E-state index in [9.17, 15) is 18.0 Å². The molecule has 0 saturated carbocycles. The van der Waals surface area contributed by atoms with Crippen molar-refractivity contribution in [2.45, 2.75) is 43.9 Å². The molecule has 12 nitrogen and oxygen atoms in total. The monoisotopic (exact) mass is 443 g/mol. The van der Waals surface area contributed by atoms with E-state index in [4.69, 9.17) is 9.39 Å². The van der Waals surface area contributed by atoms with E-state index < -0.39 is 34.4 Å². The summed E-state index contributed by atoms with van der Waals surface area (Å²) in [4.78, 5) is 31.4. The van der Waals surface area contributed by atoms with Crippen LogP contribution in [-0.4, -0.2) is 77.3 Å². The van der Waals surface area contributed by atoms with Gasteiger partial charge in [-0.2, -0.15) is 13.5 Å². The molecule has 0 aliphatic carbocycles. The Kier molecular flexibility index (Phi) is 5.97. The van der Waals surface area contributed by atoms with Crippen LogP contribution in [0, 0.1) is 5.92 Å². The normalized spacial score (nSPS) is 28.9. The number of aromatic nitrogens is 1. The molecule has 0 aromatic carbocycles. The highest BCUT2D eigenvalue weighted by Gasteiger charge is 2.49. The zero-order chi connectivity index (χ0) is 21.3. The van der Waals surface area contributed by atoms with Crippen LogP contribution in [0.4, 0.5) is 4.79 Å². The highest BCUT2D eigenvalue weighted by molar-refractivity contribution is 7.80. The Hall–Kier alpha value is -2.19. The van der Waals surface area contributed by atoms with Crippen molar-refractivity contribution in [1.82, 2.24) is 25.3 Å². The van der Waals surface area contributed by atoms with Crippen LogP contribution in [0.2, 0.25) is 0 Å². The average molecular weight is 443 g/mol. The Bertz CT molecular complexity index is 877. The molecule has 2 unspecified atom stereocenters. The first kappa shape index (κ1) is 21.1. The maximum atomic E-state index is 12.5. The van der Waals surface area contributed by atoms with Gasteiger partial charge >= 0.3 is 16.4 Å². The number of rotatable bonds is 8. The van der Waals surface area contributed by atoms with Gasteiger partial charge in [0.15, 0.2) is 0 Å². The maximum Gasteiger partial charge on any atom is 0.418 e. The van der Waals surface area contributed by atoms with E-state index >= 15 is 0 Å². The third-order valence-electron chi connectivity index (χ3n) is 5.71. The predicted octanol–water partition coefficient (Wildman–Crippen LogP) is -0.483. The molecule has 3 N–H and O–H groups in total. The molecule has 166 valence electrons. The molecule has 1 aromatic rings. The molecule has 3 aliphatic rings. The summed E-state index contributed by atoms with van der Waals surface area (Å²) in [7, 11) is -4.82. The Morgan fingerprint density at radius 3 is 2.80 bits per heavy atom. The Morgan fingerprint density at radius 1 is 1.30 bits per heavy atom. The van der Waals surface area contributed by atoms with Gasteiger partial charge in [-0.1, -0.05) is 0 Å². The number of fused-ring (bicyclic) bond motifs is 2. The fraction of sp³-hybridized carbons (Fsp3) is 0.647. The van der Waals surface area contributed by atoms with Crippen LogP contribution >= 0.6 is 0 Å². The zero-order valence-electron chi connectivity index (χ0n) is 16.2. The second kappa shape index (κ2) is 8.51. The standard InChI is InChI=1S/C17H25N5O7S/c23-16(15-4-3-14-10-21(15)17(24)22(14)29-30(25,26)27)19-28-11-13-7-12(8-18-13)9-20-5-1-2-6-20/h1-2,5-6,12-15,18H,3-4,7-11H2,(H,19,23)(H,25,26,27)/t12-,13-,14?,15?/m1/s1. The van der Waals surface area contributed by atoms with Crippen molar-refractivity contribution < 1.29 is 31.7 Å². The van der Waals surface area contributed by atoms with Crippen LogP contribution < -0.4 is 10.8 Å². The second-order valence-electron chi connectivity index (χ2n) is 7.87. The van der Waals surface area contributed by atoms with Gasteiger partial charge in [0, 0.05) is 38.1 Å². The molecule has 3 amide bonds. The molecule has 0 radical (unpaired) electrons. The fourth-order valence-electron chi connectivity index (χ4n) is 4.34. The largest absolute Gasteiger partial charge is 0.418 e. The van der Waals surface area contributed by atoms with Gasteiger partial charge in [-0.15, -0.1) is 4.28 Å². The predicted molar refractivity (Wildman–Crippen MR) is 102 cm³/mol. The van der Waals surface area contributed by atoms with Gasteiger partial charge in [-0.05, 0) is 37.3 Å². The van der Waals surface area contributed by atoms with Crippen LogP contribution in [-0.2, 0) is 30.9 Å². The summed E-state index contributed by atoms with van der Waals surface area (Å²) in [6.45, 7) is 2.23. The SMILES string of the molecule is O=C(NOC[C@H]1C[C@@H](Cn2cccc2)CN1)C1CCC2CN1C(=O)N2OS(=O)(=O)O. The number of nitrogens with one attached hydrogen (secondary N) is 2. The Balaban J connectivity index is 1.22. The summed E-state index contributed by atoms with van der Waals surface area (Å²) in [6.07, 6.45) is 5.67. The summed E-state index contributed by atoms with van der Waals surface area (Å²) in [5.74, 6) is 0.00498. The molecule has 0 spiro atoms. The van der Waals surface area contributed by atoms with E-state index in [1.807, 2.05) is 24.5 Å². The van der Waals surface area contributed by atoms with Crippen LogP contribution in [0.3, 0.4) is 0 Å². The molecule has 3 saturated heterocycles. The van der Waals surface area contributed by atoms with Crippen molar-refractivity contribution in [3.05, 3.63) is 24.5 Å². The van der Waals surface area contributed by atoms with E-state index in [1.165, 1.54) is 4.90 Å². The number of hydrogen-bond acceptors (Lipinski definition) is 7. The lowest BCUT2D eigenvalue weighted by Gasteiger charge is -2.29. The van der Waals surface area contributed by atoms with Crippen molar-refractivity contribution in [1.29, 1.82) is 0 Å². The van der Waals surface area contributed by atoms with Crippen molar-refractivity contribution in [2.24, 2.45) is 5.92 Å². The number of carbonyl (C=O) groups excluding carboxylic acids is 2. The van der Waals surface area contributed by atoms with Crippen molar-refractivity contribution in [3.63, 3.8) is 0 Å². The lowest BCUT2D eigenvalue weighted by atomic mass is 10.0. The third kappa shape index (κ3) is 4.75. The zero-order valence-corrected chi connectivity index (χ0v) is 17.0. The summed E-state index contributed by atoms with van der Waals surface area (Å²) in [5, 5.41) is 3.98. The van der Waals surface area contributed by atoms with E-state index in [2.05, 4.69) is 19.6 Å². The van der Waals surface area contributed by atoms with Gasteiger partial charge < -0.3 is 14.8 Å². The first-order valence-corrected chi connectivity index (χ1v) is 11.2. The van der Waals surface area contributed by atoms with Gasteiger partial charge in [-0.3, -0.25) is 14.2 Å². The van der Waals surface area contributed by atoms with Crippen LogP contribution in [0.15, 0.2) is 24.5 Å². The highest BCUT2D eigenvalue weighted by Crippen LogP contribution is 2.30. The molecule has 3 aliphatic heterocycles. The smallest absolute Gasteiger partial charge is 0.354 e. The first-order valence-electron chi connectivity index (χ1n) is 9.83. The summed E-state index contributed by atoms with van der Waals surface area (Å²) < 4.78 is 37.2. The maximum absolute atomic E-state index is 12.5. The molecule has 13 heteroatoms. The molecular formula is C17H25N5O7S.